The summed E-state index contributed by atoms with van der Waals surface area (Å²) < 4.78 is 0. The Morgan fingerprint density at radius 2 is 1.75 bits per heavy atom. The van der Waals surface area contributed by atoms with Gasteiger partial charge in [-0.25, -0.2) is 0 Å². The van der Waals surface area contributed by atoms with Crippen molar-refractivity contribution in [3.63, 3.8) is 0 Å². The number of halogens is 1. The minimum Gasteiger partial charge on any atom is -0.373 e. The molecule has 0 fully saturated rings. The van der Waals surface area contributed by atoms with Crippen molar-refractivity contribution in [1.82, 2.24) is 0 Å². The van der Waals surface area contributed by atoms with Crippen molar-refractivity contribution in [1.29, 1.82) is 0 Å². The molecule has 0 aromatic heterocycles. The molecule has 100 valence electrons. The van der Waals surface area contributed by atoms with Gasteiger partial charge in [0.2, 0.25) is 0 Å². The van der Waals surface area contributed by atoms with Gasteiger partial charge in [-0.1, -0.05) is 59.8 Å². The molecule has 0 aliphatic heterocycles. The predicted molar refractivity (Wildman–Crippen MR) is 83.5 cm³/mol. The van der Waals surface area contributed by atoms with Gasteiger partial charge in [0.15, 0.2) is 5.60 Å². The standard InChI is InChI=1S/C18H15ClO/c1-2-13-18(20,16-8-10-17(19)11-9-16)14-12-15-6-4-3-5-7-15/h2-11,20H,1,13H2. The molecule has 2 aromatic carbocycles. The van der Waals surface area contributed by atoms with E-state index in [9.17, 15) is 5.11 Å². The fourth-order valence-corrected chi connectivity index (χ4v) is 2.00. The van der Waals surface area contributed by atoms with E-state index < -0.39 is 5.60 Å². The molecule has 0 saturated heterocycles. The molecule has 1 atom stereocenters. The molecule has 2 aromatic rings. The van der Waals surface area contributed by atoms with E-state index in [2.05, 4.69) is 18.4 Å². The van der Waals surface area contributed by atoms with Crippen LogP contribution in [0.2, 0.25) is 5.02 Å². The van der Waals surface area contributed by atoms with Crippen molar-refractivity contribution in [2.24, 2.45) is 0 Å². The van der Waals surface area contributed by atoms with E-state index in [1.807, 2.05) is 30.3 Å². The lowest BCUT2D eigenvalue weighted by molar-refractivity contribution is 0.104. The zero-order valence-corrected chi connectivity index (χ0v) is 11.8. The molecule has 0 spiro atoms. The monoisotopic (exact) mass is 282 g/mol. The minimum atomic E-state index is -1.25. The Bertz CT molecular complexity index is 635. The number of benzene rings is 2. The van der Waals surface area contributed by atoms with Crippen molar-refractivity contribution >= 4 is 11.6 Å². The molecular weight excluding hydrogens is 268 g/mol. The third-order valence-electron chi connectivity index (χ3n) is 2.95. The zero-order valence-electron chi connectivity index (χ0n) is 11.0. The van der Waals surface area contributed by atoms with Crippen LogP contribution >= 0.6 is 11.6 Å². The third kappa shape index (κ3) is 3.51. The summed E-state index contributed by atoms with van der Waals surface area (Å²) in [5, 5.41) is 11.4. The summed E-state index contributed by atoms with van der Waals surface area (Å²) in [7, 11) is 0. The fourth-order valence-electron chi connectivity index (χ4n) is 1.87. The average molecular weight is 283 g/mol. The van der Waals surface area contributed by atoms with Gasteiger partial charge >= 0.3 is 0 Å². The molecule has 2 heteroatoms. The highest BCUT2D eigenvalue weighted by molar-refractivity contribution is 6.30. The smallest absolute Gasteiger partial charge is 0.154 e. The minimum absolute atomic E-state index is 0.356. The summed E-state index contributed by atoms with van der Waals surface area (Å²) >= 11 is 5.87. The highest BCUT2D eigenvalue weighted by Crippen LogP contribution is 2.26. The van der Waals surface area contributed by atoms with Crippen molar-refractivity contribution in [3.05, 3.63) is 83.4 Å². The van der Waals surface area contributed by atoms with Crippen LogP contribution in [0.4, 0.5) is 0 Å². The van der Waals surface area contributed by atoms with E-state index in [1.54, 1.807) is 30.3 Å². The van der Waals surface area contributed by atoms with Crippen LogP contribution < -0.4 is 0 Å². The topological polar surface area (TPSA) is 20.2 Å². The first-order valence-electron chi connectivity index (χ1n) is 6.31. The van der Waals surface area contributed by atoms with Crippen LogP contribution in [0, 0.1) is 11.8 Å². The maximum absolute atomic E-state index is 10.7. The van der Waals surface area contributed by atoms with Gasteiger partial charge in [-0.2, -0.15) is 0 Å². The van der Waals surface area contributed by atoms with Gasteiger partial charge < -0.3 is 5.11 Å². The van der Waals surface area contributed by atoms with Gasteiger partial charge in [0.05, 0.1) is 0 Å². The molecule has 20 heavy (non-hydrogen) atoms. The van der Waals surface area contributed by atoms with Crippen LogP contribution in [-0.4, -0.2) is 5.11 Å². The highest BCUT2D eigenvalue weighted by atomic mass is 35.5. The van der Waals surface area contributed by atoms with Gasteiger partial charge in [-0.15, -0.1) is 6.58 Å². The van der Waals surface area contributed by atoms with Crippen LogP contribution in [0.3, 0.4) is 0 Å². The molecule has 0 amide bonds. The van der Waals surface area contributed by atoms with Crippen molar-refractivity contribution in [2.75, 3.05) is 0 Å². The van der Waals surface area contributed by atoms with Crippen molar-refractivity contribution in [2.45, 2.75) is 12.0 Å². The Balaban J connectivity index is 2.37. The summed E-state index contributed by atoms with van der Waals surface area (Å²) in [6.07, 6.45) is 2.02. The lowest BCUT2D eigenvalue weighted by Crippen LogP contribution is -2.22. The lowest BCUT2D eigenvalue weighted by atomic mass is 9.90. The number of hydrogen-bond donors (Lipinski definition) is 1. The lowest BCUT2D eigenvalue weighted by Gasteiger charge is -2.21. The summed E-state index contributed by atoms with van der Waals surface area (Å²) in [6, 6.07) is 16.6. The van der Waals surface area contributed by atoms with E-state index in [0.29, 0.717) is 17.0 Å². The van der Waals surface area contributed by atoms with E-state index in [0.717, 1.165) is 5.56 Å². The molecule has 0 heterocycles. The quantitative estimate of drug-likeness (QED) is 0.662. The molecule has 0 bridgehead atoms. The Hall–Kier alpha value is -2.01. The van der Waals surface area contributed by atoms with Gasteiger partial charge in [0.25, 0.3) is 0 Å². The number of aliphatic hydroxyl groups is 1. The second-order valence-corrected chi connectivity index (χ2v) is 4.91. The maximum Gasteiger partial charge on any atom is 0.154 e. The summed E-state index contributed by atoms with van der Waals surface area (Å²) in [5.74, 6) is 5.94. The summed E-state index contributed by atoms with van der Waals surface area (Å²) in [4.78, 5) is 0. The van der Waals surface area contributed by atoms with Gasteiger partial charge in [0, 0.05) is 17.0 Å². The fraction of sp³-hybridized carbons (Fsp3) is 0.111. The van der Waals surface area contributed by atoms with E-state index in [1.165, 1.54) is 0 Å². The molecule has 0 radical (unpaired) electrons. The summed E-state index contributed by atoms with van der Waals surface area (Å²) in [5.41, 5.74) is 0.330. The second-order valence-electron chi connectivity index (χ2n) is 4.48. The van der Waals surface area contributed by atoms with Gasteiger partial charge in [-0.05, 0) is 29.8 Å². The first-order chi connectivity index (χ1) is 9.64. The van der Waals surface area contributed by atoms with Crippen molar-refractivity contribution in [3.8, 4) is 11.8 Å². The van der Waals surface area contributed by atoms with Crippen LogP contribution in [0.5, 0.6) is 0 Å². The van der Waals surface area contributed by atoms with E-state index in [-0.39, 0.29) is 0 Å². The van der Waals surface area contributed by atoms with Crippen LogP contribution in [0.1, 0.15) is 17.5 Å². The Kier molecular flexibility index (Phi) is 4.63. The molecule has 1 nitrogen and oxygen atoms in total. The summed E-state index contributed by atoms with van der Waals surface area (Å²) in [6.45, 7) is 3.69. The number of hydrogen-bond acceptors (Lipinski definition) is 1. The molecule has 1 N–H and O–H groups in total. The molecular formula is C18H15ClO. The number of rotatable bonds is 3. The van der Waals surface area contributed by atoms with Gasteiger partial charge in [-0.3, -0.25) is 0 Å². The molecule has 1 unspecified atom stereocenters. The maximum atomic E-state index is 10.7. The SMILES string of the molecule is C=CCC(O)(C#Cc1ccccc1)c1ccc(Cl)cc1. The first kappa shape index (κ1) is 14.4. The molecule has 0 saturated carbocycles. The van der Waals surface area contributed by atoms with Crippen molar-refractivity contribution < 1.29 is 5.11 Å². The van der Waals surface area contributed by atoms with E-state index >= 15 is 0 Å². The first-order valence-corrected chi connectivity index (χ1v) is 6.69. The third-order valence-corrected chi connectivity index (χ3v) is 3.20. The normalized spacial score (nSPS) is 12.9. The van der Waals surface area contributed by atoms with Crippen LogP contribution in [-0.2, 0) is 5.60 Å². The Morgan fingerprint density at radius 3 is 2.35 bits per heavy atom. The average Bonchev–Trinajstić information content (AvgIpc) is 2.47. The second kappa shape index (κ2) is 6.43. The largest absolute Gasteiger partial charge is 0.373 e. The zero-order chi connectivity index (χ0) is 14.4. The van der Waals surface area contributed by atoms with Crippen LogP contribution in [0.15, 0.2) is 67.3 Å². The highest BCUT2D eigenvalue weighted by Gasteiger charge is 2.25. The molecule has 2 rings (SSSR count). The van der Waals surface area contributed by atoms with Crippen LogP contribution in [0.25, 0.3) is 0 Å². The molecule has 0 aliphatic rings. The Morgan fingerprint density at radius 1 is 1.10 bits per heavy atom. The molecule has 0 aliphatic carbocycles. The predicted octanol–water partition coefficient (Wildman–Crippen LogP) is 4.16. The Labute approximate surface area is 124 Å². The van der Waals surface area contributed by atoms with Gasteiger partial charge in [0.1, 0.15) is 0 Å². The van der Waals surface area contributed by atoms with E-state index in [4.69, 9.17) is 11.6 Å².